The van der Waals surface area contributed by atoms with Gasteiger partial charge >= 0.3 is 30.1 Å². The molecule has 0 saturated heterocycles. The molecule has 12 aromatic carbocycles. The third-order valence-electron chi connectivity index (χ3n) is 19.2. The number of carboxylic acids is 4. The van der Waals surface area contributed by atoms with Gasteiger partial charge in [0.15, 0.2) is 5.69 Å². The van der Waals surface area contributed by atoms with E-state index in [1.165, 1.54) is 79.4 Å². The Balaban J connectivity index is 0.000000184. The fourth-order valence-corrected chi connectivity index (χ4v) is 12.6. The quantitative estimate of drug-likeness (QED) is 0.0652. The fourth-order valence-electron chi connectivity index (χ4n) is 12.6. The molecule has 31 heteroatoms. The first-order valence-electron chi connectivity index (χ1n) is 40.7. The van der Waals surface area contributed by atoms with Crippen molar-refractivity contribution in [3.8, 4) is 96.1 Å². The number of aryl methyl sites for hydroxylation is 1. The minimum atomic E-state index is -4.40. The molecule has 0 bridgehead atoms. The average molecular weight is 2570 g/mol. The summed E-state index contributed by atoms with van der Waals surface area (Å²) in [6, 6.07) is 116. The van der Waals surface area contributed by atoms with E-state index in [2.05, 4.69) is 82.2 Å². The van der Waals surface area contributed by atoms with Gasteiger partial charge in [-0.1, -0.05) is 169 Å². The van der Waals surface area contributed by atoms with Gasteiger partial charge in [0.05, 0.1) is 73.5 Å². The van der Waals surface area contributed by atoms with Crippen LogP contribution in [0.15, 0.2) is 377 Å². The summed E-state index contributed by atoms with van der Waals surface area (Å²) < 4.78 is 65.0. The number of pyridine rings is 4. The molecule has 0 unspecified atom stereocenters. The van der Waals surface area contributed by atoms with Gasteiger partial charge in [-0.2, -0.15) is 13.2 Å². The topological polar surface area (TPSA) is 332 Å². The number of para-hydroxylation sites is 8. The molecule has 0 aliphatic carbocycles. The van der Waals surface area contributed by atoms with E-state index in [-0.39, 0.29) is 119 Å². The van der Waals surface area contributed by atoms with Crippen LogP contribution in [0.1, 0.15) is 58.6 Å². The molecule has 0 aliphatic heterocycles. The summed E-state index contributed by atoms with van der Waals surface area (Å²) in [5.41, 5.74) is 19.9. The molecule has 139 heavy (non-hydrogen) atoms. The molecule has 0 aliphatic rings. The predicted octanol–water partition coefficient (Wildman–Crippen LogP) is 24.2. The number of benzene rings is 12. The number of nitriles is 1. The summed E-state index contributed by atoms with van der Waals surface area (Å²) >= 11 is 0. The summed E-state index contributed by atoms with van der Waals surface area (Å²) in [7, 11) is 0. The standard InChI is InChI=1S/C22H14F3N2.C22H11N4.C20H11F2N2.C20H13N2.4C6H5NO2.4Pt/c1-14-6-8-15(9-7-14)20-21(27-19-5-3-2-4-18(19)26-20)16-10-12-17(13-11-16)22(23,24)25;1-24-18-12-10-17(11-13-18)22-21(16-8-6-15(14-23)7-9-16)25-19-4-2-3-5-20(19)26-22;21-15-9-5-13(6-10-15)19-20(14-7-11-16(22)12-8-14)24-18-4-2-1-3-17(18)23-19;1-3-9-15(10-4-1)19-20(16-11-5-2-6-12-16)22-18-14-8-7-13-17(18)21-19;4*8-6(9)5-3-1-2-4-7-5;;;;/h2-10,12-13H,1H3;2-8,10-13H;1-7,9-12H;1-11,13-14H;4*1-4H,(H,8,9);;;;/q4*-1;;;;;;;;. The van der Waals surface area contributed by atoms with Gasteiger partial charge in [-0.3, -0.25) is 44.3 Å². The van der Waals surface area contributed by atoms with E-state index in [1.807, 2.05) is 189 Å². The molecule has 22 nitrogen and oxygen atoms in total. The summed E-state index contributed by atoms with van der Waals surface area (Å²) in [6.07, 6.45) is 1.39. The van der Waals surface area contributed by atoms with E-state index in [1.54, 1.807) is 91.0 Å². The Morgan fingerprint density at radius 3 is 0.878 bits per heavy atom. The molecule has 0 fully saturated rings. The Kier molecular flexibility index (Phi) is 40.4. The number of carbonyl (C=O) groups is 4. The molecular weight excluding hydrogens is 2500 g/mol. The van der Waals surface area contributed by atoms with Crippen LogP contribution < -0.4 is 0 Å². The number of aromatic carboxylic acids is 4. The molecule has 8 heterocycles. The van der Waals surface area contributed by atoms with Crippen LogP contribution in [0.25, 0.3) is 139 Å². The van der Waals surface area contributed by atoms with Crippen molar-refractivity contribution in [3.05, 3.63) is 463 Å². The van der Waals surface area contributed by atoms with Crippen molar-refractivity contribution in [2.24, 2.45) is 0 Å². The van der Waals surface area contributed by atoms with E-state index in [0.717, 1.165) is 107 Å². The second kappa shape index (κ2) is 52.7. The monoisotopic (exact) mass is 2560 g/mol. The number of rotatable bonds is 12. The number of alkyl halides is 3. The first-order chi connectivity index (χ1) is 65.5. The molecular formula is C108H69F5N14O8Pt4-4. The zero-order valence-corrected chi connectivity index (χ0v) is 81.2. The van der Waals surface area contributed by atoms with Crippen molar-refractivity contribution in [2.75, 3.05) is 0 Å². The summed E-state index contributed by atoms with van der Waals surface area (Å²) in [5.74, 6) is -4.64. The number of nitrogens with zero attached hydrogens (tertiary/aromatic N) is 14. The van der Waals surface area contributed by atoms with E-state index < -0.39 is 35.6 Å². The van der Waals surface area contributed by atoms with Gasteiger partial charge < -0.3 is 20.4 Å². The summed E-state index contributed by atoms with van der Waals surface area (Å²) in [6.45, 7) is 9.09. The van der Waals surface area contributed by atoms with Crippen molar-refractivity contribution in [2.45, 2.75) is 13.1 Å². The Bertz CT molecular complexity index is 7120. The number of aromatic nitrogens is 12. The predicted molar refractivity (Wildman–Crippen MR) is 502 cm³/mol. The Hall–Kier alpha value is -16.1. The number of hydrogen-bond acceptors (Lipinski definition) is 17. The van der Waals surface area contributed by atoms with E-state index in [4.69, 9.17) is 57.2 Å². The van der Waals surface area contributed by atoms with Crippen LogP contribution in [0.2, 0.25) is 0 Å². The maximum atomic E-state index is 13.2. The second-order valence-electron chi connectivity index (χ2n) is 28.4. The third-order valence-corrected chi connectivity index (χ3v) is 19.2. The van der Waals surface area contributed by atoms with Crippen LogP contribution >= 0.6 is 0 Å². The minimum Gasteiger partial charge on any atom is -0.477 e. The van der Waals surface area contributed by atoms with Crippen LogP contribution in [0.4, 0.5) is 27.6 Å². The third kappa shape index (κ3) is 29.9. The van der Waals surface area contributed by atoms with Crippen molar-refractivity contribution >= 4 is 73.7 Å². The molecule has 0 radical (unpaired) electrons. The Morgan fingerprint density at radius 2 is 0.604 bits per heavy atom. The first kappa shape index (κ1) is 107. The molecule has 20 aromatic rings. The van der Waals surface area contributed by atoms with E-state index >= 15 is 0 Å². The van der Waals surface area contributed by atoms with E-state index in [9.17, 15) is 41.1 Å². The molecule has 8 aromatic heterocycles. The maximum Gasteiger partial charge on any atom is 0.381 e. The molecule has 0 spiro atoms. The van der Waals surface area contributed by atoms with Crippen molar-refractivity contribution in [1.29, 1.82) is 5.26 Å². The number of halogens is 5. The van der Waals surface area contributed by atoms with Gasteiger partial charge in [0.2, 0.25) is 0 Å². The maximum absolute atomic E-state index is 13.2. The van der Waals surface area contributed by atoms with Crippen LogP contribution in [-0.2, 0) is 90.4 Å². The van der Waals surface area contributed by atoms with Gasteiger partial charge in [-0.05, 0) is 149 Å². The zero-order chi connectivity index (χ0) is 95.0. The normalized spacial score (nSPS) is 10.1. The molecule has 4 N–H and O–H groups in total. The zero-order valence-electron chi connectivity index (χ0n) is 72.1. The Morgan fingerprint density at radius 1 is 0.317 bits per heavy atom. The van der Waals surface area contributed by atoms with Crippen molar-refractivity contribution in [3.63, 3.8) is 0 Å². The smallest absolute Gasteiger partial charge is 0.381 e. The molecule has 0 saturated carbocycles. The van der Waals surface area contributed by atoms with Crippen LogP contribution in [0.5, 0.6) is 0 Å². The van der Waals surface area contributed by atoms with Crippen LogP contribution in [0, 0.1) is 60.7 Å². The van der Waals surface area contributed by atoms with Crippen molar-refractivity contribution in [1.82, 2.24) is 59.8 Å². The SMILES string of the molecule is Cc1ccc(-c2nc3ccccc3nc2-c2[c-]cc(C(F)(F)F)cc2)cc1.Fc1c[c-]c(-c2nc3ccccc3nc2-c2ccc(F)cc2)cc1.O=C(O)c1ccccn1.O=C(O)c1ccccn1.O=C(O)c1ccccn1.O=C(O)c1ccccn1.[C-]#[N+]c1ccc(-c2nc3ccccc3nc2-c2[c-]cc(C#N)cc2)cc1.[Pt].[Pt].[Pt].[Pt].[c-]1ccccc1-c1nc2ccccc2nc1-c1ccccc1. The van der Waals surface area contributed by atoms with E-state index in [0.29, 0.717) is 56.4 Å². The summed E-state index contributed by atoms with van der Waals surface area (Å²) in [5, 5.41) is 42.3. The molecule has 20 rings (SSSR count). The van der Waals surface area contributed by atoms with Gasteiger partial charge in [0, 0.05) is 144 Å². The summed E-state index contributed by atoms with van der Waals surface area (Å²) in [4.78, 5) is 96.3. The average Bonchev–Trinajstić information content (AvgIpc) is 1.12. The van der Waals surface area contributed by atoms with Crippen molar-refractivity contribution < 1.29 is 146 Å². The molecule has 0 amide bonds. The fraction of sp³-hybridized carbons (Fsp3) is 0.0185. The van der Waals surface area contributed by atoms with Gasteiger partial charge in [0.1, 0.15) is 28.6 Å². The first-order valence-corrected chi connectivity index (χ1v) is 40.7. The van der Waals surface area contributed by atoms with Gasteiger partial charge in [-0.15, -0.1) is 125 Å². The largest absolute Gasteiger partial charge is 0.477 e. The second-order valence-corrected chi connectivity index (χ2v) is 28.4. The van der Waals surface area contributed by atoms with Crippen LogP contribution in [0.3, 0.4) is 0 Å². The number of fused-ring (bicyclic) bond motifs is 4. The molecule has 698 valence electrons. The molecule has 0 atom stereocenters. The van der Waals surface area contributed by atoms with Crippen LogP contribution in [-0.4, -0.2) is 104 Å². The van der Waals surface area contributed by atoms with Gasteiger partial charge in [0.25, 0.3) is 0 Å². The van der Waals surface area contributed by atoms with Gasteiger partial charge in [-0.25, -0.2) is 53.6 Å². The number of carboxylic acid groups (broad SMARTS) is 4. The Labute approximate surface area is 850 Å². The minimum absolute atomic E-state index is 0. The number of hydrogen-bond donors (Lipinski definition) is 4.